The predicted octanol–water partition coefficient (Wildman–Crippen LogP) is 3.26. The van der Waals surface area contributed by atoms with Gasteiger partial charge in [0.05, 0.1) is 12.0 Å². The van der Waals surface area contributed by atoms with E-state index in [4.69, 9.17) is 5.26 Å². The highest BCUT2D eigenvalue weighted by Gasteiger charge is 2.15. The highest BCUT2D eigenvalue weighted by Crippen LogP contribution is 2.25. The third-order valence-electron chi connectivity index (χ3n) is 2.81. The first-order valence-corrected chi connectivity index (χ1v) is 5.24. The molecule has 76 valence electrons. The Hall–Kier alpha value is -1.75. The molecule has 0 aromatic carbocycles. The van der Waals surface area contributed by atoms with Crippen molar-refractivity contribution >= 4 is 5.52 Å². The summed E-state index contributed by atoms with van der Waals surface area (Å²) in [6.45, 7) is 4.12. The van der Waals surface area contributed by atoms with E-state index < -0.39 is 0 Å². The van der Waals surface area contributed by atoms with Crippen LogP contribution < -0.4 is 0 Å². The highest BCUT2D eigenvalue weighted by atomic mass is 14.9. The molecule has 0 N–H and O–H groups in total. The smallest absolute Gasteiger partial charge is 0.0868 e. The number of hydrogen-bond donors (Lipinski definition) is 0. The van der Waals surface area contributed by atoms with Crippen LogP contribution in [0, 0.1) is 18.3 Å². The van der Waals surface area contributed by atoms with Crippen LogP contribution in [0.4, 0.5) is 0 Å². The second-order valence-corrected chi connectivity index (χ2v) is 3.80. The first-order chi connectivity index (χ1) is 7.27. The fourth-order valence-corrected chi connectivity index (χ4v) is 2.07. The van der Waals surface area contributed by atoms with Crippen molar-refractivity contribution < 1.29 is 0 Å². The molecule has 15 heavy (non-hydrogen) atoms. The molecule has 0 amide bonds. The molecule has 0 radical (unpaired) electrons. The van der Waals surface area contributed by atoms with Gasteiger partial charge in [0, 0.05) is 17.4 Å². The molecule has 0 saturated carbocycles. The largest absolute Gasteiger partial charge is 0.319 e. The van der Waals surface area contributed by atoms with Crippen LogP contribution in [0.5, 0.6) is 0 Å². The van der Waals surface area contributed by atoms with E-state index in [0.717, 1.165) is 12.1 Å². The zero-order valence-electron chi connectivity index (χ0n) is 9.07. The number of aromatic nitrogens is 1. The molecule has 0 aliphatic rings. The molecule has 0 aliphatic heterocycles. The monoisotopic (exact) mass is 198 g/mol. The first-order valence-electron chi connectivity index (χ1n) is 5.24. The van der Waals surface area contributed by atoms with Crippen LogP contribution in [-0.4, -0.2) is 4.40 Å². The molecule has 1 unspecified atom stereocenters. The van der Waals surface area contributed by atoms with Gasteiger partial charge in [-0.25, -0.2) is 0 Å². The molecule has 2 aromatic heterocycles. The van der Waals surface area contributed by atoms with Crippen LogP contribution in [0.1, 0.15) is 30.5 Å². The molecule has 0 bridgehead atoms. The van der Waals surface area contributed by atoms with Crippen molar-refractivity contribution in [3.63, 3.8) is 0 Å². The lowest BCUT2D eigenvalue weighted by Gasteiger charge is -2.08. The van der Waals surface area contributed by atoms with Crippen molar-refractivity contribution in [1.82, 2.24) is 4.40 Å². The minimum atomic E-state index is -0.00472. The molecule has 0 aliphatic carbocycles. The molecule has 2 heteroatoms. The van der Waals surface area contributed by atoms with Crippen molar-refractivity contribution in [2.45, 2.75) is 26.2 Å². The SMILES string of the molecule is CCC(C#N)c1c(C)cc2ccccn12. The van der Waals surface area contributed by atoms with E-state index in [1.54, 1.807) is 0 Å². The van der Waals surface area contributed by atoms with Gasteiger partial charge >= 0.3 is 0 Å². The van der Waals surface area contributed by atoms with Crippen molar-refractivity contribution in [2.75, 3.05) is 0 Å². The number of pyridine rings is 1. The van der Waals surface area contributed by atoms with Gasteiger partial charge in [-0.15, -0.1) is 0 Å². The predicted molar refractivity (Wildman–Crippen MR) is 60.8 cm³/mol. The maximum Gasteiger partial charge on any atom is 0.0868 e. The van der Waals surface area contributed by atoms with Gasteiger partial charge in [0.1, 0.15) is 0 Å². The Kier molecular flexibility index (Phi) is 2.47. The molecule has 0 saturated heterocycles. The van der Waals surface area contributed by atoms with E-state index in [9.17, 15) is 0 Å². The number of hydrogen-bond acceptors (Lipinski definition) is 1. The van der Waals surface area contributed by atoms with Gasteiger partial charge in [-0.2, -0.15) is 5.26 Å². The summed E-state index contributed by atoms with van der Waals surface area (Å²) in [6, 6.07) is 10.6. The Bertz CT molecular complexity index is 517. The summed E-state index contributed by atoms with van der Waals surface area (Å²) in [7, 11) is 0. The van der Waals surface area contributed by atoms with Crippen molar-refractivity contribution in [2.24, 2.45) is 0 Å². The van der Waals surface area contributed by atoms with E-state index in [0.29, 0.717) is 0 Å². The average molecular weight is 198 g/mol. The number of fused-ring (bicyclic) bond motifs is 1. The van der Waals surface area contributed by atoms with Gasteiger partial charge in [0.15, 0.2) is 0 Å². The number of rotatable bonds is 2. The molecular formula is C13H14N2. The van der Waals surface area contributed by atoms with Crippen LogP contribution >= 0.6 is 0 Å². The third kappa shape index (κ3) is 1.50. The number of aryl methyl sites for hydroxylation is 1. The van der Waals surface area contributed by atoms with Crippen molar-refractivity contribution in [1.29, 1.82) is 5.26 Å². The lowest BCUT2D eigenvalue weighted by atomic mass is 10.0. The third-order valence-corrected chi connectivity index (χ3v) is 2.81. The fraction of sp³-hybridized carbons (Fsp3) is 0.308. The summed E-state index contributed by atoms with van der Waals surface area (Å²) in [5.41, 5.74) is 3.50. The second kappa shape index (κ2) is 3.78. The Labute approximate surface area is 89.8 Å². The Balaban J connectivity index is 2.69. The molecule has 2 rings (SSSR count). The lowest BCUT2D eigenvalue weighted by molar-refractivity contribution is 0.771. The van der Waals surface area contributed by atoms with Crippen LogP contribution in [0.15, 0.2) is 30.5 Å². The van der Waals surface area contributed by atoms with Gasteiger partial charge in [0.2, 0.25) is 0 Å². The topological polar surface area (TPSA) is 28.2 Å². The zero-order chi connectivity index (χ0) is 10.8. The lowest BCUT2D eigenvalue weighted by Crippen LogP contribution is -2.00. The fourth-order valence-electron chi connectivity index (χ4n) is 2.07. The number of nitrogens with zero attached hydrogens (tertiary/aromatic N) is 2. The van der Waals surface area contributed by atoms with E-state index in [-0.39, 0.29) is 5.92 Å². The summed E-state index contributed by atoms with van der Waals surface area (Å²) in [5.74, 6) is -0.00472. The van der Waals surface area contributed by atoms with Gasteiger partial charge in [-0.1, -0.05) is 13.0 Å². The van der Waals surface area contributed by atoms with E-state index in [2.05, 4.69) is 36.5 Å². The van der Waals surface area contributed by atoms with Gasteiger partial charge in [-0.3, -0.25) is 0 Å². The summed E-state index contributed by atoms with van der Waals surface area (Å²) in [5, 5.41) is 9.12. The molecule has 2 heterocycles. The van der Waals surface area contributed by atoms with Gasteiger partial charge < -0.3 is 4.40 Å². The standard InChI is InChI=1S/C13H14N2/c1-3-11(9-14)13-10(2)8-12-6-4-5-7-15(12)13/h4-8,11H,3H2,1-2H3. The zero-order valence-corrected chi connectivity index (χ0v) is 9.07. The van der Waals surface area contributed by atoms with Crippen LogP contribution in [0.3, 0.4) is 0 Å². The second-order valence-electron chi connectivity index (χ2n) is 3.80. The average Bonchev–Trinajstić information content (AvgIpc) is 2.58. The molecule has 2 aromatic rings. The molecule has 1 atom stereocenters. The van der Waals surface area contributed by atoms with Crippen LogP contribution in [0.25, 0.3) is 5.52 Å². The number of nitriles is 1. The van der Waals surface area contributed by atoms with Crippen molar-refractivity contribution in [3.05, 3.63) is 41.7 Å². The Morgan fingerprint density at radius 3 is 2.93 bits per heavy atom. The normalized spacial score (nSPS) is 12.6. The summed E-state index contributed by atoms with van der Waals surface area (Å²) in [4.78, 5) is 0. The molecule has 0 spiro atoms. The van der Waals surface area contributed by atoms with E-state index in [1.807, 2.05) is 18.3 Å². The maximum absolute atomic E-state index is 9.12. The maximum atomic E-state index is 9.12. The Morgan fingerprint density at radius 1 is 1.47 bits per heavy atom. The molecule has 2 nitrogen and oxygen atoms in total. The van der Waals surface area contributed by atoms with Crippen molar-refractivity contribution in [3.8, 4) is 6.07 Å². The van der Waals surface area contributed by atoms with Crippen LogP contribution in [-0.2, 0) is 0 Å². The van der Waals surface area contributed by atoms with E-state index >= 15 is 0 Å². The first kappa shape index (κ1) is 9.79. The summed E-state index contributed by atoms with van der Waals surface area (Å²) < 4.78 is 2.12. The summed E-state index contributed by atoms with van der Waals surface area (Å²) >= 11 is 0. The minimum Gasteiger partial charge on any atom is -0.319 e. The van der Waals surface area contributed by atoms with Crippen LogP contribution in [0.2, 0.25) is 0 Å². The quantitative estimate of drug-likeness (QED) is 0.728. The summed E-state index contributed by atoms with van der Waals surface area (Å²) in [6.07, 6.45) is 2.88. The molecular weight excluding hydrogens is 184 g/mol. The highest BCUT2D eigenvalue weighted by molar-refractivity contribution is 5.54. The Morgan fingerprint density at radius 2 is 2.27 bits per heavy atom. The molecule has 0 fully saturated rings. The minimum absolute atomic E-state index is 0.00472. The van der Waals surface area contributed by atoms with Gasteiger partial charge in [-0.05, 0) is 37.1 Å². The van der Waals surface area contributed by atoms with Gasteiger partial charge in [0.25, 0.3) is 0 Å². The van der Waals surface area contributed by atoms with E-state index in [1.165, 1.54) is 11.1 Å².